The first kappa shape index (κ1) is 17.0. The molecular weight excluding hydrogens is 342 g/mol. The van der Waals surface area contributed by atoms with Gasteiger partial charge in [0.1, 0.15) is 12.3 Å². The monoisotopic (exact) mass is 359 g/mol. The largest absolute Gasteiger partial charge is 0.455 e. The van der Waals surface area contributed by atoms with Crippen LogP contribution in [0, 0.1) is 6.92 Å². The third-order valence-electron chi connectivity index (χ3n) is 3.44. The lowest BCUT2D eigenvalue weighted by Crippen LogP contribution is -2.14. The van der Waals surface area contributed by atoms with Crippen molar-refractivity contribution in [2.24, 2.45) is 0 Å². The summed E-state index contributed by atoms with van der Waals surface area (Å²) in [6.07, 6.45) is 4.74. The van der Waals surface area contributed by atoms with Crippen molar-refractivity contribution in [2.45, 2.75) is 13.5 Å². The van der Waals surface area contributed by atoms with E-state index in [1.807, 2.05) is 29.7 Å². The summed E-state index contributed by atoms with van der Waals surface area (Å²) < 4.78 is 32.3. The number of esters is 1. The Morgan fingerprint density at radius 1 is 1.20 bits per heavy atom. The first-order chi connectivity index (χ1) is 11.8. The van der Waals surface area contributed by atoms with Crippen molar-refractivity contribution in [3.8, 4) is 0 Å². The number of para-hydroxylation sites is 1. The number of carbonyl (C=O) groups is 1. The van der Waals surface area contributed by atoms with E-state index in [0.717, 1.165) is 17.5 Å². The highest BCUT2D eigenvalue weighted by Crippen LogP contribution is 2.18. The second kappa shape index (κ2) is 6.56. The number of aromatic nitrogens is 2. The summed E-state index contributed by atoms with van der Waals surface area (Å²) in [5, 5.41) is 0. The van der Waals surface area contributed by atoms with E-state index in [0.29, 0.717) is 5.69 Å². The van der Waals surface area contributed by atoms with E-state index in [4.69, 9.17) is 4.74 Å². The zero-order valence-corrected chi connectivity index (χ0v) is 14.6. The Balaban J connectivity index is 1.76. The summed E-state index contributed by atoms with van der Waals surface area (Å²) in [7, 11) is -3.50. The van der Waals surface area contributed by atoms with Gasteiger partial charge >= 0.3 is 5.97 Å². The molecule has 0 fully saturated rings. The Kier molecular flexibility index (Phi) is 4.45. The minimum atomic E-state index is -3.50. The van der Waals surface area contributed by atoms with Crippen molar-refractivity contribution in [1.82, 2.24) is 9.38 Å². The highest BCUT2D eigenvalue weighted by Gasteiger charge is 2.15. The smallest absolute Gasteiger partial charge is 0.340 e. The van der Waals surface area contributed by atoms with Crippen molar-refractivity contribution in [3.63, 3.8) is 0 Å². The van der Waals surface area contributed by atoms with E-state index in [1.165, 1.54) is 12.1 Å². The number of nitrogens with one attached hydrogen (secondary N) is 1. The Bertz CT molecular complexity index is 1040. The van der Waals surface area contributed by atoms with Gasteiger partial charge in [0.15, 0.2) is 0 Å². The number of carbonyl (C=O) groups excluding carboxylic acids is 1. The van der Waals surface area contributed by atoms with Crippen molar-refractivity contribution in [2.75, 3.05) is 11.0 Å². The lowest BCUT2D eigenvalue weighted by atomic mass is 10.2. The number of pyridine rings is 1. The van der Waals surface area contributed by atoms with E-state index >= 15 is 0 Å². The van der Waals surface area contributed by atoms with E-state index < -0.39 is 16.0 Å². The number of benzene rings is 1. The van der Waals surface area contributed by atoms with Gasteiger partial charge < -0.3 is 9.14 Å². The average molecular weight is 359 g/mol. The molecule has 0 aliphatic rings. The maximum atomic E-state index is 12.3. The molecule has 130 valence electrons. The Labute approximate surface area is 145 Å². The number of hydrogen-bond donors (Lipinski definition) is 1. The van der Waals surface area contributed by atoms with Gasteiger partial charge in [0.2, 0.25) is 10.0 Å². The molecule has 0 atom stereocenters. The van der Waals surface area contributed by atoms with Gasteiger partial charge in [-0.2, -0.15) is 0 Å². The number of sulfonamides is 1. The molecule has 3 aromatic rings. The Morgan fingerprint density at radius 3 is 2.72 bits per heavy atom. The molecule has 25 heavy (non-hydrogen) atoms. The fraction of sp³-hybridized carbons (Fsp3) is 0.176. The van der Waals surface area contributed by atoms with Crippen LogP contribution in [-0.2, 0) is 21.4 Å². The van der Waals surface area contributed by atoms with Crippen LogP contribution in [-0.4, -0.2) is 30.0 Å². The number of ether oxygens (including phenoxy) is 1. The lowest BCUT2D eigenvalue weighted by Gasteiger charge is -2.09. The molecule has 1 aromatic carbocycles. The Hall–Kier alpha value is -2.87. The quantitative estimate of drug-likeness (QED) is 0.707. The molecular formula is C17H17N3O4S. The van der Waals surface area contributed by atoms with Gasteiger partial charge in [0, 0.05) is 12.4 Å². The molecule has 0 saturated carbocycles. The van der Waals surface area contributed by atoms with E-state index in [2.05, 4.69) is 9.71 Å². The molecule has 7 nitrogen and oxygen atoms in total. The molecule has 0 aliphatic heterocycles. The van der Waals surface area contributed by atoms with Crippen molar-refractivity contribution < 1.29 is 17.9 Å². The van der Waals surface area contributed by atoms with Gasteiger partial charge in [0.05, 0.1) is 23.2 Å². The fourth-order valence-electron chi connectivity index (χ4n) is 2.39. The van der Waals surface area contributed by atoms with E-state index in [-0.39, 0.29) is 17.9 Å². The first-order valence-corrected chi connectivity index (χ1v) is 9.39. The van der Waals surface area contributed by atoms with Crippen LogP contribution in [0.25, 0.3) is 5.65 Å². The fourth-order valence-corrected chi connectivity index (χ4v) is 2.97. The number of aryl methyl sites for hydroxylation is 1. The topological polar surface area (TPSA) is 89.8 Å². The normalized spacial score (nSPS) is 11.4. The molecule has 0 unspecified atom stereocenters. The molecule has 0 radical (unpaired) electrons. The van der Waals surface area contributed by atoms with Gasteiger partial charge in [0.25, 0.3) is 0 Å². The minimum Gasteiger partial charge on any atom is -0.455 e. The zero-order valence-electron chi connectivity index (χ0n) is 13.8. The molecule has 0 spiro atoms. The highest BCUT2D eigenvalue weighted by molar-refractivity contribution is 7.92. The summed E-state index contributed by atoms with van der Waals surface area (Å²) in [4.78, 5) is 16.7. The minimum absolute atomic E-state index is 0.00717. The second-order valence-corrected chi connectivity index (χ2v) is 7.45. The summed E-state index contributed by atoms with van der Waals surface area (Å²) in [5.41, 5.74) is 2.78. The summed E-state index contributed by atoms with van der Waals surface area (Å²) >= 11 is 0. The van der Waals surface area contributed by atoms with Crippen LogP contribution in [0.15, 0.2) is 48.8 Å². The number of imidazole rings is 1. The maximum absolute atomic E-state index is 12.3. The molecule has 0 bridgehead atoms. The molecule has 1 N–H and O–H groups in total. The first-order valence-electron chi connectivity index (χ1n) is 7.50. The van der Waals surface area contributed by atoms with Crippen LogP contribution in [0.1, 0.15) is 21.6 Å². The van der Waals surface area contributed by atoms with Crippen LogP contribution in [0.3, 0.4) is 0 Å². The molecule has 2 aromatic heterocycles. The Morgan fingerprint density at radius 2 is 1.96 bits per heavy atom. The second-order valence-electron chi connectivity index (χ2n) is 5.70. The van der Waals surface area contributed by atoms with Gasteiger partial charge in [-0.05, 0) is 30.7 Å². The predicted molar refractivity (Wildman–Crippen MR) is 94.0 cm³/mol. The number of nitrogens with zero attached hydrogens (tertiary/aromatic N) is 2. The standard InChI is InChI=1S/C17H17N3O4S/c1-12-7-8-16-18-13(10-20(16)9-12)11-24-17(21)14-5-3-4-6-15(14)19-25(2,22)23/h3-10,19H,11H2,1-2H3. The third kappa shape index (κ3) is 4.16. The predicted octanol–water partition coefficient (Wildman–Crippen LogP) is 2.37. The van der Waals surface area contributed by atoms with Crippen LogP contribution >= 0.6 is 0 Å². The summed E-state index contributed by atoms with van der Waals surface area (Å²) in [5.74, 6) is -0.625. The van der Waals surface area contributed by atoms with Crippen LogP contribution in [0.4, 0.5) is 5.69 Å². The number of hydrogen-bond acceptors (Lipinski definition) is 5. The van der Waals surface area contributed by atoms with Gasteiger partial charge in [-0.25, -0.2) is 18.2 Å². The molecule has 3 rings (SSSR count). The van der Waals surface area contributed by atoms with E-state index in [9.17, 15) is 13.2 Å². The summed E-state index contributed by atoms with van der Waals surface area (Å²) in [6, 6.07) is 10.1. The van der Waals surface area contributed by atoms with E-state index in [1.54, 1.807) is 18.3 Å². The molecule has 0 amide bonds. The zero-order chi connectivity index (χ0) is 18.0. The SMILES string of the molecule is Cc1ccc2nc(COC(=O)c3ccccc3NS(C)(=O)=O)cn2c1. The van der Waals surface area contributed by atoms with Crippen molar-refractivity contribution in [3.05, 3.63) is 65.6 Å². The lowest BCUT2D eigenvalue weighted by molar-refractivity contribution is 0.0469. The van der Waals surface area contributed by atoms with Crippen molar-refractivity contribution >= 4 is 27.3 Å². The molecule has 2 heterocycles. The van der Waals surface area contributed by atoms with Crippen molar-refractivity contribution in [1.29, 1.82) is 0 Å². The van der Waals surface area contributed by atoms with Crippen LogP contribution in [0.5, 0.6) is 0 Å². The number of rotatable bonds is 5. The maximum Gasteiger partial charge on any atom is 0.340 e. The third-order valence-corrected chi connectivity index (χ3v) is 4.03. The van der Waals surface area contributed by atoms with Gasteiger partial charge in [-0.3, -0.25) is 4.72 Å². The average Bonchev–Trinajstić information content (AvgIpc) is 2.93. The molecule has 0 saturated heterocycles. The number of anilines is 1. The van der Waals surface area contributed by atoms with Gasteiger partial charge in [-0.1, -0.05) is 18.2 Å². The van der Waals surface area contributed by atoms with Gasteiger partial charge in [-0.15, -0.1) is 0 Å². The summed E-state index contributed by atoms with van der Waals surface area (Å²) in [6.45, 7) is 1.97. The molecule has 8 heteroatoms. The molecule has 0 aliphatic carbocycles. The van der Waals surface area contributed by atoms with Crippen LogP contribution < -0.4 is 4.72 Å². The number of fused-ring (bicyclic) bond motifs is 1. The highest BCUT2D eigenvalue weighted by atomic mass is 32.2. The van der Waals surface area contributed by atoms with Crippen LogP contribution in [0.2, 0.25) is 0 Å².